The highest BCUT2D eigenvalue weighted by atomic mass is 127. The van der Waals surface area contributed by atoms with Crippen LogP contribution in [0.1, 0.15) is 46.6 Å². The smallest absolute Gasteiger partial charge is 0.191 e. The molecule has 8 heteroatoms. The third kappa shape index (κ3) is 8.69. The SMILES string of the molecule is CCNC(=NCc1cccc(-c2ncn[nH]2)c1)NCCCN(C(C)C)C(C)C.I. The number of hydrogen-bond donors (Lipinski definition) is 3. The van der Waals surface area contributed by atoms with E-state index in [0.717, 1.165) is 49.0 Å². The molecule has 0 saturated heterocycles. The van der Waals surface area contributed by atoms with E-state index in [4.69, 9.17) is 4.99 Å². The number of H-pyrrole nitrogens is 1. The predicted molar refractivity (Wildman–Crippen MR) is 132 cm³/mol. The van der Waals surface area contributed by atoms with Gasteiger partial charge in [-0.15, -0.1) is 24.0 Å². The number of benzene rings is 1. The second kappa shape index (κ2) is 13.5. The van der Waals surface area contributed by atoms with Crippen molar-refractivity contribution in [2.45, 2.75) is 59.7 Å². The van der Waals surface area contributed by atoms with Gasteiger partial charge in [-0.2, -0.15) is 5.10 Å². The Morgan fingerprint density at radius 1 is 1.17 bits per heavy atom. The van der Waals surface area contributed by atoms with E-state index in [9.17, 15) is 0 Å². The van der Waals surface area contributed by atoms with Gasteiger partial charge in [-0.1, -0.05) is 18.2 Å². The molecular weight excluding hydrogens is 477 g/mol. The zero-order valence-electron chi connectivity index (χ0n) is 18.3. The van der Waals surface area contributed by atoms with Crippen LogP contribution < -0.4 is 10.6 Å². The third-order valence-electron chi connectivity index (χ3n) is 4.59. The summed E-state index contributed by atoms with van der Waals surface area (Å²) in [6, 6.07) is 9.35. The molecule has 0 radical (unpaired) electrons. The lowest BCUT2D eigenvalue weighted by molar-refractivity contribution is 0.173. The van der Waals surface area contributed by atoms with Gasteiger partial charge in [-0.3, -0.25) is 10.00 Å². The molecule has 0 atom stereocenters. The molecule has 29 heavy (non-hydrogen) atoms. The van der Waals surface area contributed by atoms with Crippen molar-refractivity contribution in [2.24, 2.45) is 4.99 Å². The Bertz CT molecular complexity index is 706. The first-order valence-corrected chi connectivity index (χ1v) is 10.2. The molecule has 2 rings (SSSR count). The second-order valence-corrected chi connectivity index (χ2v) is 7.44. The first-order chi connectivity index (χ1) is 13.5. The summed E-state index contributed by atoms with van der Waals surface area (Å²) in [5.41, 5.74) is 2.16. The largest absolute Gasteiger partial charge is 0.357 e. The highest BCUT2D eigenvalue weighted by molar-refractivity contribution is 14.0. The van der Waals surface area contributed by atoms with Crippen molar-refractivity contribution in [3.63, 3.8) is 0 Å². The molecule has 1 aromatic carbocycles. The molecule has 0 amide bonds. The van der Waals surface area contributed by atoms with Crippen molar-refractivity contribution < 1.29 is 0 Å². The first kappa shape index (κ1) is 25.4. The normalized spacial score (nSPS) is 11.8. The molecule has 0 fully saturated rings. The summed E-state index contributed by atoms with van der Waals surface area (Å²) >= 11 is 0. The van der Waals surface area contributed by atoms with Crippen LogP contribution in [0.25, 0.3) is 11.4 Å². The van der Waals surface area contributed by atoms with Crippen molar-refractivity contribution >= 4 is 29.9 Å². The van der Waals surface area contributed by atoms with Gasteiger partial charge in [0.15, 0.2) is 11.8 Å². The Hall–Kier alpha value is -1.68. The maximum absolute atomic E-state index is 4.73. The lowest BCUT2D eigenvalue weighted by atomic mass is 10.1. The minimum Gasteiger partial charge on any atom is -0.357 e. The van der Waals surface area contributed by atoms with Crippen LogP contribution in [0, 0.1) is 0 Å². The lowest BCUT2D eigenvalue weighted by Gasteiger charge is -2.30. The van der Waals surface area contributed by atoms with Crippen LogP contribution >= 0.6 is 24.0 Å². The van der Waals surface area contributed by atoms with Crippen LogP contribution in [0.2, 0.25) is 0 Å². The van der Waals surface area contributed by atoms with Crippen LogP contribution in [0.3, 0.4) is 0 Å². The maximum Gasteiger partial charge on any atom is 0.191 e. The maximum atomic E-state index is 4.73. The van der Waals surface area contributed by atoms with Crippen molar-refractivity contribution in [1.29, 1.82) is 0 Å². The summed E-state index contributed by atoms with van der Waals surface area (Å²) in [5.74, 6) is 1.63. The summed E-state index contributed by atoms with van der Waals surface area (Å²) in [4.78, 5) is 11.5. The van der Waals surface area contributed by atoms with Gasteiger partial charge in [0.2, 0.25) is 0 Å². The average molecular weight is 513 g/mol. The van der Waals surface area contributed by atoms with E-state index >= 15 is 0 Å². The predicted octanol–water partition coefficient (Wildman–Crippen LogP) is 3.65. The van der Waals surface area contributed by atoms with Crippen molar-refractivity contribution in [1.82, 2.24) is 30.7 Å². The molecule has 0 saturated carbocycles. The number of hydrogen-bond acceptors (Lipinski definition) is 4. The molecule has 3 N–H and O–H groups in total. The first-order valence-electron chi connectivity index (χ1n) is 10.2. The minimum absolute atomic E-state index is 0. The van der Waals surface area contributed by atoms with Gasteiger partial charge in [0, 0.05) is 37.3 Å². The fourth-order valence-electron chi connectivity index (χ4n) is 3.25. The van der Waals surface area contributed by atoms with E-state index in [-0.39, 0.29) is 24.0 Å². The highest BCUT2D eigenvalue weighted by Gasteiger charge is 2.12. The molecule has 0 aliphatic heterocycles. The fraction of sp³-hybridized carbons (Fsp3) is 0.571. The third-order valence-corrected chi connectivity index (χ3v) is 4.59. The molecule has 1 heterocycles. The van der Waals surface area contributed by atoms with E-state index in [1.54, 1.807) is 0 Å². The van der Waals surface area contributed by atoms with Crippen LogP contribution in [0.5, 0.6) is 0 Å². The summed E-state index contributed by atoms with van der Waals surface area (Å²) < 4.78 is 0. The Balaban J connectivity index is 0.00000420. The topological polar surface area (TPSA) is 81.2 Å². The number of nitrogens with one attached hydrogen (secondary N) is 3. The summed E-state index contributed by atoms with van der Waals surface area (Å²) in [7, 11) is 0. The van der Waals surface area contributed by atoms with Gasteiger partial charge in [0.05, 0.1) is 6.54 Å². The van der Waals surface area contributed by atoms with Gasteiger partial charge in [-0.25, -0.2) is 9.98 Å². The van der Waals surface area contributed by atoms with Crippen LogP contribution in [0.15, 0.2) is 35.6 Å². The molecule has 162 valence electrons. The average Bonchev–Trinajstić information content (AvgIpc) is 3.20. The number of nitrogens with zero attached hydrogens (tertiary/aromatic N) is 4. The fourth-order valence-corrected chi connectivity index (χ4v) is 3.25. The molecule has 0 spiro atoms. The van der Waals surface area contributed by atoms with E-state index in [2.05, 4.69) is 77.5 Å². The number of aromatic nitrogens is 3. The number of aliphatic imine (C=N–C) groups is 1. The zero-order chi connectivity index (χ0) is 20.4. The molecular formula is C21H36IN7. The summed E-state index contributed by atoms with van der Waals surface area (Å²) in [6.07, 6.45) is 2.61. The Morgan fingerprint density at radius 2 is 1.93 bits per heavy atom. The van der Waals surface area contributed by atoms with E-state index in [1.165, 1.54) is 6.33 Å². The molecule has 0 unspecified atom stereocenters. The summed E-state index contributed by atoms with van der Waals surface area (Å²) in [5, 5.41) is 13.6. The highest BCUT2D eigenvalue weighted by Crippen LogP contribution is 2.15. The monoisotopic (exact) mass is 513 g/mol. The van der Waals surface area contributed by atoms with E-state index in [0.29, 0.717) is 18.6 Å². The van der Waals surface area contributed by atoms with Crippen molar-refractivity contribution in [2.75, 3.05) is 19.6 Å². The Morgan fingerprint density at radius 3 is 2.55 bits per heavy atom. The molecule has 1 aromatic heterocycles. The minimum atomic E-state index is 0. The van der Waals surface area contributed by atoms with E-state index < -0.39 is 0 Å². The van der Waals surface area contributed by atoms with E-state index in [1.807, 2.05) is 12.1 Å². The van der Waals surface area contributed by atoms with Crippen molar-refractivity contribution in [3.05, 3.63) is 36.2 Å². The second-order valence-electron chi connectivity index (χ2n) is 7.44. The molecule has 2 aromatic rings. The number of rotatable bonds is 10. The Kier molecular flexibility index (Phi) is 11.8. The summed E-state index contributed by atoms with van der Waals surface area (Å²) in [6.45, 7) is 14.5. The molecule has 0 bridgehead atoms. The van der Waals surface area contributed by atoms with Crippen LogP contribution in [-0.2, 0) is 6.54 Å². The Labute approximate surface area is 192 Å². The quantitative estimate of drug-likeness (QED) is 0.196. The van der Waals surface area contributed by atoms with Crippen LogP contribution in [0.4, 0.5) is 0 Å². The lowest BCUT2D eigenvalue weighted by Crippen LogP contribution is -2.41. The van der Waals surface area contributed by atoms with Gasteiger partial charge < -0.3 is 10.6 Å². The van der Waals surface area contributed by atoms with Gasteiger partial charge in [0.25, 0.3) is 0 Å². The van der Waals surface area contributed by atoms with Crippen LogP contribution in [-0.4, -0.2) is 57.8 Å². The molecule has 7 nitrogen and oxygen atoms in total. The zero-order valence-corrected chi connectivity index (χ0v) is 20.6. The standard InChI is InChI=1S/C21H35N7.HI/c1-6-22-21(23-11-8-12-28(16(2)3)17(4)5)24-14-18-9-7-10-19(13-18)20-25-15-26-27-20;/h7,9-10,13,15-17H,6,8,11-12,14H2,1-5H3,(H2,22,23,24)(H,25,26,27);1H. The molecule has 0 aliphatic rings. The molecule has 0 aliphatic carbocycles. The van der Waals surface area contributed by atoms with Crippen molar-refractivity contribution in [3.8, 4) is 11.4 Å². The van der Waals surface area contributed by atoms with Gasteiger partial charge in [0.1, 0.15) is 6.33 Å². The number of guanidine groups is 1. The van der Waals surface area contributed by atoms with Gasteiger partial charge >= 0.3 is 0 Å². The van der Waals surface area contributed by atoms with Gasteiger partial charge in [-0.05, 0) is 52.7 Å². The number of halogens is 1. The number of aromatic amines is 1.